The molecule has 0 saturated heterocycles. The number of ether oxygens (including phenoxy) is 1. The van der Waals surface area contributed by atoms with Crippen LogP contribution in [-0.2, 0) is 4.79 Å². The number of halogens is 2. The third-order valence-corrected chi connectivity index (χ3v) is 1.85. The summed E-state index contributed by atoms with van der Waals surface area (Å²) in [4.78, 5) is 11.1. The number of amides is 1. The fraction of sp³-hybridized carbons (Fsp3) is 0.100. The van der Waals surface area contributed by atoms with Crippen molar-refractivity contribution < 1.29 is 13.9 Å². The zero-order valence-electron chi connectivity index (χ0n) is 8.01. The van der Waals surface area contributed by atoms with Crippen LogP contribution in [0.3, 0.4) is 0 Å². The van der Waals surface area contributed by atoms with Gasteiger partial charge in [-0.1, -0.05) is 24.2 Å². The number of carbonyl (C=O) groups is 1. The number of rotatable bonds is 3. The summed E-state index contributed by atoms with van der Waals surface area (Å²) in [5.41, 5.74) is 0.00106. The zero-order valence-corrected chi connectivity index (χ0v) is 8.77. The van der Waals surface area contributed by atoms with Crippen LogP contribution in [0.4, 0.5) is 10.1 Å². The van der Waals surface area contributed by atoms with E-state index in [4.69, 9.17) is 16.3 Å². The molecule has 0 heterocycles. The van der Waals surface area contributed by atoms with Crippen molar-refractivity contribution in [2.45, 2.75) is 0 Å². The van der Waals surface area contributed by atoms with Gasteiger partial charge in [0, 0.05) is 0 Å². The minimum atomic E-state index is -0.649. The molecule has 0 bridgehead atoms. The van der Waals surface area contributed by atoms with Crippen molar-refractivity contribution in [3.8, 4) is 5.75 Å². The summed E-state index contributed by atoms with van der Waals surface area (Å²) >= 11 is 5.34. The first-order valence-electron chi connectivity index (χ1n) is 4.04. The van der Waals surface area contributed by atoms with Gasteiger partial charge in [-0.2, -0.15) is 0 Å². The Balaban J connectivity index is 2.95. The zero-order chi connectivity index (χ0) is 11.4. The SMILES string of the molecule is C=C(Cl)C(=O)Nc1cccc(OC)c1F. The topological polar surface area (TPSA) is 38.3 Å². The summed E-state index contributed by atoms with van der Waals surface area (Å²) < 4.78 is 18.2. The third-order valence-electron chi connectivity index (χ3n) is 1.68. The van der Waals surface area contributed by atoms with Crippen LogP contribution >= 0.6 is 11.6 Å². The van der Waals surface area contributed by atoms with Crippen LogP contribution in [0.15, 0.2) is 29.8 Å². The molecule has 1 amide bonds. The first-order valence-corrected chi connectivity index (χ1v) is 4.42. The standard InChI is InChI=1S/C10H9ClFNO2/c1-6(11)10(14)13-7-4-3-5-8(15-2)9(7)12/h3-5H,1H2,2H3,(H,13,14). The van der Waals surface area contributed by atoms with Gasteiger partial charge in [0.2, 0.25) is 0 Å². The van der Waals surface area contributed by atoms with E-state index in [2.05, 4.69) is 11.9 Å². The maximum atomic E-state index is 13.5. The summed E-state index contributed by atoms with van der Waals surface area (Å²) in [6, 6.07) is 4.39. The molecular formula is C10H9ClFNO2. The summed E-state index contributed by atoms with van der Waals surface area (Å²) in [5, 5.41) is 2.05. The molecule has 0 aliphatic carbocycles. The fourth-order valence-corrected chi connectivity index (χ4v) is 1.00. The molecule has 0 saturated carbocycles. The van der Waals surface area contributed by atoms with Gasteiger partial charge in [0.05, 0.1) is 17.8 Å². The Bertz CT molecular complexity index is 406. The number of benzene rings is 1. The summed E-state index contributed by atoms with van der Waals surface area (Å²) in [5.74, 6) is -1.25. The van der Waals surface area contributed by atoms with Gasteiger partial charge in [0.25, 0.3) is 5.91 Å². The number of hydrogen-bond donors (Lipinski definition) is 1. The quantitative estimate of drug-likeness (QED) is 0.809. The molecule has 3 nitrogen and oxygen atoms in total. The van der Waals surface area contributed by atoms with E-state index >= 15 is 0 Å². The molecule has 0 radical (unpaired) electrons. The lowest BCUT2D eigenvalue weighted by molar-refractivity contribution is -0.112. The van der Waals surface area contributed by atoms with E-state index in [1.54, 1.807) is 6.07 Å². The lowest BCUT2D eigenvalue weighted by Gasteiger charge is -2.07. The molecule has 1 rings (SSSR count). The van der Waals surface area contributed by atoms with Crippen LogP contribution in [0.1, 0.15) is 0 Å². The molecule has 0 unspecified atom stereocenters. The van der Waals surface area contributed by atoms with Gasteiger partial charge in [-0.3, -0.25) is 4.79 Å². The monoisotopic (exact) mass is 229 g/mol. The van der Waals surface area contributed by atoms with E-state index in [0.29, 0.717) is 0 Å². The minimum Gasteiger partial charge on any atom is -0.494 e. The lowest BCUT2D eigenvalue weighted by Crippen LogP contribution is -2.12. The first kappa shape index (κ1) is 11.5. The van der Waals surface area contributed by atoms with Crippen molar-refractivity contribution in [2.75, 3.05) is 12.4 Å². The summed E-state index contributed by atoms with van der Waals surface area (Å²) in [6.07, 6.45) is 0. The Morgan fingerprint density at radius 3 is 2.80 bits per heavy atom. The van der Waals surface area contributed by atoms with Crippen LogP contribution < -0.4 is 10.1 Å². The Labute approximate surface area is 91.5 Å². The van der Waals surface area contributed by atoms with E-state index in [1.165, 1.54) is 19.2 Å². The number of nitrogens with one attached hydrogen (secondary N) is 1. The van der Waals surface area contributed by atoms with Crippen molar-refractivity contribution in [1.29, 1.82) is 0 Å². The van der Waals surface area contributed by atoms with Crippen molar-refractivity contribution in [1.82, 2.24) is 0 Å². The van der Waals surface area contributed by atoms with Crippen LogP contribution in [0, 0.1) is 5.82 Å². The highest BCUT2D eigenvalue weighted by atomic mass is 35.5. The predicted molar refractivity (Wildman–Crippen MR) is 56.6 cm³/mol. The van der Waals surface area contributed by atoms with Crippen LogP contribution in [0.5, 0.6) is 5.75 Å². The average molecular weight is 230 g/mol. The lowest BCUT2D eigenvalue weighted by atomic mass is 10.3. The van der Waals surface area contributed by atoms with Gasteiger partial charge in [0.1, 0.15) is 0 Å². The molecule has 1 N–H and O–H groups in total. The van der Waals surface area contributed by atoms with Gasteiger partial charge in [-0.15, -0.1) is 0 Å². The summed E-state index contributed by atoms with van der Waals surface area (Å²) in [6.45, 7) is 3.22. The highest BCUT2D eigenvalue weighted by Crippen LogP contribution is 2.24. The third kappa shape index (κ3) is 2.70. The molecule has 1 aromatic carbocycles. The molecule has 0 aliphatic rings. The Morgan fingerprint density at radius 2 is 2.27 bits per heavy atom. The number of anilines is 1. The molecule has 5 heteroatoms. The largest absolute Gasteiger partial charge is 0.494 e. The van der Waals surface area contributed by atoms with Gasteiger partial charge in [0.15, 0.2) is 11.6 Å². The summed E-state index contributed by atoms with van der Waals surface area (Å²) in [7, 11) is 1.34. The normalized spacial score (nSPS) is 9.53. The second kappa shape index (κ2) is 4.79. The van der Waals surface area contributed by atoms with Gasteiger partial charge >= 0.3 is 0 Å². The van der Waals surface area contributed by atoms with Crippen LogP contribution in [0.2, 0.25) is 0 Å². The predicted octanol–water partition coefficient (Wildman–Crippen LogP) is 2.53. The molecular weight excluding hydrogens is 221 g/mol. The average Bonchev–Trinajstić information content (AvgIpc) is 2.21. The number of carbonyl (C=O) groups excluding carboxylic acids is 1. The molecule has 0 fully saturated rings. The second-order valence-corrected chi connectivity index (χ2v) is 3.14. The van der Waals surface area contributed by atoms with E-state index in [0.717, 1.165) is 0 Å². The van der Waals surface area contributed by atoms with Gasteiger partial charge in [-0.05, 0) is 12.1 Å². The van der Waals surface area contributed by atoms with Gasteiger partial charge in [-0.25, -0.2) is 4.39 Å². The highest BCUT2D eigenvalue weighted by molar-refractivity contribution is 6.43. The Kier molecular flexibility index (Phi) is 3.68. The highest BCUT2D eigenvalue weighted by Gasteiger charge is 2.11. The maximum absolute atomic E-state index is 13.5. The Hall–Kier alpha value is -1.55. The molecule has 80 valence electrons. The molecule has 15 heavy (non-hydrogen) atoms. The molecule has 1 aromatic rings. The Morgan fingerprint density at radius 1 is 1.60 bits per heavy atom. The molecule has 0 aromatic heterocycles. The van der Waals surface area contributed by atoms with E-state index < -0.39 is 11.7 Å². The van der Waals surface area contributed by atoms with Crippen LogP contribution in [0.25, 0.3) is 0 Å². The van der Waals surface area contributed by atoms with Crippen molar-refractivity contribution in [2.24, 2.45) is 0 Å². The van der Waals surface area contributed by atoms with Crippen molar-refractivity contribution in [3.63, 3.8) is 0 Å². The van der Waals surface area contributed by atoms with Crippen molar-refractivity contribution >= 4 is 23.2 Å². The minimum absolute atomic E-state index is 0.00106. The number of methoxy groups -OCH3 is 1. The van der Waals surface area contributed by atoms with Gasteiger partial charge < -0.3 is 10.1 Å². The molecule has 0 aliphatic heterocycles. The van der Waals surface area contributed by atoms with E-state index in [-0.39, 0.29) is 16.5 Å². The number of hydrogen-bond acceptors (Lipinski definition) is 2. The first-order chi connectivity index (χ1) is 7.06. The van der Waals surface area contributed by atoms with Crippen molar-refractivity contribution in [3.05, 3.63) is 35.6 Å². The molecule has 0 atom stereocenters. The molecule has 0 spiro atoms. The maximum Gasteiger partial charge on any atom is 0.266 e. The fourth-order valence-electron chi connectivity index (χ4n) is 0.955. The van der Waals surface area contributed by atoms with Crippen LogP contribution in [-0.4, -0.2) is 13.0 Å². The van der Waals surface area contributed by atoms with E-state index in [1.807, 2.05) is 0 Å². The second-order valence-electron chi connectivity index (χ2n) is 2.68. The smallest absolute Gasteiger partial charge is 0.266 e. The van der Waals surface area contributed by atoms with E-state index in [9.17, 15) is 9.18 Å².